The van der Waals surface area contributed by atoms with Crippen molar-refractivity contribution < 1.29 is 32.2 Å². The largest absolute Gasteiger partial charge is 0.482 e. The van der Waals surface area contributed by atoms with Gasteiger partial charge in [-0.2, -0.15) is 13.2 Å². The molecule has 0 saturated heterocycles. The first-order chi connectivity index (χ1) is 10.5. The summed E-state index contributed by atoms with van der Waals surface area (Å²) in [7, 11) is 0. The van der Waals surface area contributed by atoms with Gasteiger partial charge in [0, 0.05) is 0 Å². The van der Waals surface area contributed by atoms with Crippen molar-refractivity contribution in [2.24, 2.45) is 0 Å². The molecule has 1 aromatic rings. The van der Waals surface area contributed by atoms with Crippen LogP contribution in [0.4, 0.5) is 13.2 Å². The van der Waals surface area contributed by atoms with Crippen molar-refractivity contribution >= 4 is 17.8 Å². The Labute approximate surface area is 131 Å². The smallest absolute Gasteiger partial charge is 0.454 e. The Hall–Kier alpha value is -2.31. The van der Waals surface area contributed by atoms with Crippen molar-refractivity contribution in [2.75, 3.05) is 6.61 Å². The predicted molar refractivity (Wildman–Crippen MR) is 77.9 cm³/mol. The minimum absolute atomic E-state index is 0.279. The first kappa shape index (κ1) is 18.7. The normalized spacial score (nSPS) is 12.3. The molecule has 0 N–H and O–H groups in total. The van der Waals surface area contributed by atoms with Gasteiger partial charge in [-0.3, -0.25) is 4.79 Å². The lowest BCUT2D eigenvalue weighted by Crippen LogP contribution is -2.27. The van der Waals surface area contributed by atoms with Crippen molar-refractivity contribution in [3.05, 3.63) is 35.9 Å². The maximum absolute atomic E-state index is 12.0. The summed E-state index contributed by atoms with van der Waals surface area (Å²) in [6.45, 7) is 4.91. The Morgan fingerprint density at radius 2 is 1.65 bits per heavy atom. The third kappa shape index (κ3) is 7.49. The molecular weight excluding hydrogens is 313 g/mol. The molecule has 0 amide bonds. The molecule has 1 aromatic carbocycles. The Kier molecular flexibility index (Phi) is 5.95. The number of carbonyl (C=O) groups excluding carboxylic acids is 2. The predicted octanol–water partition coefficient (Wildman–Crippen LogP) is 3.55. The third-order valence-corrected chi connectivity index (χ3v) is 2.36. The molecule has 1 rings (SSSR count). The van der Waals surface area contributed by atoms with Gasteiger partial charge >= 0.3 is 12.1 Å². The number of hydrogen-bond acceptors (Lipinski definition) is 4. The Balaban J connectivity index is 2.56. The van der Waals surface area contributed by atoms with E-state index in [1.165, 1.54) is 24.3 Å². The van der Waals surface area contributed by atoms with E-state index in [1.54, 1.807) is 20.8 Å². The van der Waals surface area contributed by atoms with Crippen molar-refractivity contribution in [2.45, 2.75) is 32.5 Å². The van der Waals surface area contributed by atoms with Gasteiger partial charge in [0.25, 0.3) is 5.78 Å². The van der Waals surface area contributed by atoms with Gasteiger partial charge in [0.05, 0.1) is 0 Å². The number of halogens is 3. The molecule has 0 heterocycles. The number of esters is 1. The van der Waals surface area contributed by atoms with E-state index in [4.69, 9.17) is 9.47 Å². The highest BCUT2D eigenvalue weighted by Crippen LogP contribution is 2.18. The monoisotopic (exact) mass is 330 g/mol. The fourth-order valence-electron chi connectivity index (χ4n) is 1.45. The summed E-state index contributed by atoms with van der Waals surface area (Å²) in [5.74, 6) is -2.10. The average Bonchev–Trinajstić information content (AvgIpc) is 2.40. The molecule has 0 aliphatic carbocycles. The van der Waals surface area contributed by atoms with Crippen LogP contribution in [0.5, 0.6) is 5.75 Å². The molecule has 0 aliphatic rings. The lowest BCUT2D eigenvalue weighted by atomic mass is 10.2. The molecule has 0 radical (unpaired) electrons. The van der Waals surface area contributed by atoms with Gasteiger partial charge < -0.3 is 9.47 Å². The molecular formula is C16H17F3O4. The standard InChI is InChI=1S/C16H17F3O4/c1-15(2,3)23-14(21)10-22-12-7-4-11(5-8-12)6-9-13(20)16(17,18)19/h4-9H,10H2,1-3H3/b9-6+. The maximum Gasteiger partial charge on any atom is 0.454 e. The second-order valence-electron chi connectivity index (χ2n) is 5.64. The number of rotatable bonds is 5. The SMILES string of the molecule is CC(C)(C)OC(=O)COc1ccc(/C=C/C(=O)C(F)(F)F)cc1. The molecule has 0 fully saturated rings. The minimum atomic E-state index is -4.88. The molecule has 0 atom stereocenters. The van der Waals surface area contributed by atoms with E-state index in [2.05, 4.69) is 0 Å². The quantitative estimate of drug-likeness (QED) is 0.612. The molecule has 23 heavy (non-hydrogen) atoms. The number of ether oxygens (including phenoxy) is 2. The highest BCUT2D eigenvalue weighted by Gasteiger charge is 2.35. The van der Waals surface area contributed by atoms with Crippen LogP contribution < -0.4 is 4.74 Å². The number of alkyl halides is 3. The van der Waals surface area contributed by atoms with E-state index < -0.39 is 23.5 Å². The van der Waals surface area contributed by atoms with Crippen LogP contribution in [0.15, 0.2) is 30.3 Å². The van der Waals surface area contributed by atoms with Gasteiger partial charge in [-0.05, 0) is 44.5 Å². The summed E-state index contributed by atoms with van der Waals surface area (Å²) < 4.78 is 46.4. The van der Waals surface area contributed by atoms with Gasteiger partial charge in [-0.15, -0.1) is 0 Å². The van der Waals surface area contributed by atoms with Crippen LogP contribution in [0.2, 0.25) is 0 Å². The summed E-state index contributed by atoms with van der Waals surface area (Å²) in [4.78, 5) is 22.2. The van der Waals surface area contributed by atoms with Crippen LogP contribution in [0, 0.1) is 0 Å². The van der Waals surface area contributed by atoms with Crippen LogP contribution in [0.25, 0.3) is 6.08 Å². The molecule has 0 spiro atoms. The van der Waals surface area contributed by atoms with Gasteiger partial charge in [-0.1, -0.05) is 18.2 Å². The maximum atomic E-state index is 12.0. The van der Waals surface area contributed by atoms with E-state index >= 15 is 0 Å². The highest BCUT2D eigenvalue weighted by atomic mass is 19.4. The van der Waals surface area contributed by atoms with Gasteiger partial charge in [0.1, 0.15) is 11.4 Å². The first-order valence-electron chi connectivity index (χ1n) is 6.71. The van der Waals surface area contributed by atoms with Crippen molar-refractivity contribution in [1.82, 2.24) is 0 Å². The zero-order chi connectivity index (χ0) is 17.7. The van der Waals surface area contributed by atoms with E-state index in [9.17, 15) is 22.8 Å². The van der Waals surface area contributed by atoms with E-state index in [0.717, 1.165) is 6.08 Å². The number of carbonyl (C=O) groups is 2. The van der Waals surface area contributed by atoms with Gasteiger partial charge in [0.15, 0.2) is 6.61 Å². The third-order valence-electron chi connectivity index (χ3n) is 2.36. The lowest BCUT2D eigenvalue weighted by Gasteiger charge is -2.19. The number of benzene rings is 1. The molecule has 4 nitrogen and oxygen atoms in total. The molecule has 0 bridgehead atoms. The molecule has 0 unspecified atom stereocenters. The fraction of sp³-hybridized carbons (Fsp3) is 0.375. The van der Waals surface area contributed by atoms with Crippen LogP contribution >= 0.6 is 0 Å². The van der Waals surface area contributed by atoms with E-state index in [-0.39, 0.29) is 6.61 Å². The Morgan fingerprint density at radius 3 is 2.13 bits per heavy atom. The van der Waals surface area contributed by atoms with Crippen LogP contribution in [-0.4, -0.2) is 30.1 Å². The number of hydrogen-bond donors (Lipinski definition) is 0. The number of allylic oxidation sites excluding steroid dienone is 1. The van der Waals surface area contributed by atoms with Crippen molar-refractivity contribution in [3.8, 4) is 5.75 Å². The number of ketones is 1. The summed E-state index contributed by atoms with van der Waals surface area (Å²) in [5.41, 5.74) is -0.215. The first-order valence-corrected chi connectivity index (χ1v) is 6.71. The van der Waals surface area contributed by atoms with Gasteiger partial charge in [0.2, 0.25) is 0 Å². The molecule has 0 saturated carbocycles. The van der Waals surface area contributed by atoms with Crippen LogP contribution in [0.3, 0.4) is 0 Å². The van der Waals surface area contributed by atoms with E-state index in [1.807, 2.05) is 0 Å². The Bertz CT molecular complexity index is 581. The topological polar surface area (TPSA) is 52.6 Å². The zero-order valence-electron chi connectivity index (χ0n) is 12.9. The fourth-order valence-corrected chi connectivity index (χ4v) is 1.45. The second-order valence-corrected chi connectivity index (χ2v) is 5.64. The van der Waals surface area contributed by atoms with Crippen LogP contribution in [0.1, 0.15) is 26.3 Å². The Morgan fingerprint density at radius 1 is 1.09 bits per heavy atom. The average molecular weight is 330 g/mol. The summed E-state index contributed by atoms with van der Waals surface area (Å²) in [6, 6.07) is 5.87. The van der Waals surface area contributed by atoms with Crippen molar-refractivity contribution in [1.29, 1.82) is 0 Å². The molecule has 0 aliphatic heterocycles. The molecule has 7 heteroatoms. The second kappa shape index (κ2) is 7.30. The lowest BCUT2D eigenvalue weighted by molar-refractivity contribution is -0.165. The minimum Gasteiger partial charge on any atom is -0.482 e. The molecule has 0 aromatic heterocycles. The van der Waals surface area contributed by atoms with Crippen molar-refractivity contribution in [3.63, 3.8) is 0 Å². The summed E-state index contributed by atoms with van der Waals surface area (Å²) in [5, 5.41) is 0. The summed E-state index contributed by atoms with van der Waals surface area (Å²) >= 11 is 0. The van der Waals surface area contributed by atoms with Crippen LogP contribution in [-0.2, 0) is 14.3 Å². The van der Waals surface area contributed by atoms with E-state index in [0.29, 0.717) is 17.4 Å². The summed E-state index contributed by atoms with van der Waals surface area (Å²) in [6.07, 6.45) is -3.38. The highest BCUT2D eigenvalue weighted by molar-refractivity contribution is 5.97. The zero-order valence-corrected chi connectivity index (χ0v) is 12.9. The molecule has 126 valence electrons. The van der Waals surface area contributed by atoms with Gasteiger partial charge in [-0.25, -0.2) is 4.79 Å².